The molecule has 1 aliphatic heterocycles. The van der Waals surface area contributed by atoms with Gasteiger partial charge in [-0.2, -0.15) is 0 Å². The Kier molecular flexibility index (Phi) is 2.46. The highest BCUT2D eigenvalue weighted by Crippen LogP contribution is 2.25. The maximum Gasteiger partial charge on any atom is 0.334 e. The summed E-state index contributed by atoms with van der Waals surface area (Å²) in [6.07, 6.45) is 2.23. The second-order valence-electron chi connectivity index (χ2n) is 3.65. The van der Waals surface area contributed by atoms with Crippen molar-refractivity contribution in [2.24, 2.45) is 0 Å². The van der Waals surface area contributed by atoms with Crippen LogP contribution in [0.4, 0.5) is 0 Å². The normalized spacial score (nSPS) is 23.1. The first-order chi connectivity index (χ1) is 7.16. The molecule has 78 valence electrons. The number of phenols is 1. The number of esters is 1. The second-order valence-corrected chi connectivity index (χ2v) is 3.65. The SMILES string of the molecule is CC1C/C(=C\c2ccccc2O)C(=O)O1. The highest BCUT2D eigenvalue weighted by atomic mass is 16.5. The molecule has 0 saturated carbocycles. The maximum absolute atomic E-state index is 11.3. The largest absolute Gasteiger partial charge is 0.507 e. The van der Waals surface area contributed by atoms with E-state index in [-0.39, 0.29) is 17.8 Å². The standard InChI is InChI=1S/C12H12O3/c1-8-6-10(12(14)15-8)7-9-4-2-3-5-11(9)13/h2-5,7-8,13H,6H2,1H3/b10-7+. The summed E-state index contributed by atoms with van der Waals surface area (Å²) in [7, 11) is 0. The molecule has 15 heavy (non-hydrogen) atoms. The molecule has 3 nitrogen and oxygen atoms in total. The van der Waals surface area contributed by atoms with Crippen LogP contribution in [0.3, 0.4) is 0 Å². The molecule has 1 atom stereocenters. The molecule has 1 aliphatic rings. The van der Waals surface area contributed by atoms with Crippen LogP contribution in [-0.4, -0.2) is 17.2 Å². The Balaban J connectivity index is 2.31. The molecule has 0 aromatic heterocycles. The number of rotatable bonds is 1. The van der Waals surface area contributed by atoms with Crippen molar-refractivity contribution in [3.05, 3.63) is 35.4 Å². The lowest BCUT2D eigenvalue weighted by atomic mass is 10.1. The van der Waals surface area contributed by atoms with Gasteiger partial charge in [0.05, 0.1) is 0 Å². The average Bonchev–Trinajstić information content (AvgIpc) is 2.49. The molecule has 1 heterocycles. The van der Waals surface area contributed by atoms with Crippen molar-refractivity contribution in [1.29, 1.82) is 0 Å². The summed E-state index contributed by atoms with van der Waals surface area (Å²) in [5.74, 6) is -0.108. The van der Waals surface area contributed by atoms with Crippen LogP contribution in [0.15, 0.2) is 29.8 Å². The van der Waals surface area contributed by atoms with Gasteiger partial charge in [-0.15, -0.1) is 0 Å². The monoisotopic (exact) mass is 204 g/mol. The molecular formula is C12H12O3. The Morgan fingerprint density at radius 2 is 2.20 bits per heavy atom. The zero-order chi connectivity index (χ0) is 10.8. The van der Waals surface area contributed by atoms with Crippen LogP contribution < -0.4 is 0 Å². The molecule has 0 aliphatic carbocycles. The van der Waals surface area contributed by atoms with Crippen LogP contribution in [0, 0.1) is 0 Å². The Morgan fingerprint density at radius 3 is 2.80 bits per heavy atom. The highest BCUT2D eigenvalue weighted by Gasteiger charge is 2.25. The van der Waals surface area contributed by atoms with Crippen molar-refractivity contribution in [3.63, 3.8) is 0 Å². The van der Waals surface area contributed by atoms with E-state index < -0.39 is 0 Å². The van der Waals surface area contributed by atoms with Crippen molar-refractivity contribution < 1.29 is 14.6 Å². The molecule has 1 unspecified atom stereocenters. The summed E-state index contributed by atoms with van der Waals surface area (Å²) in [4.78, 5) is 11.3. The van der Waals surface area contributed by atoms with E-state index in [1.165, 1.54) is 0 Å². The molecule has 1 saturated heterocycles. The fourth-order valence-electron chi connectivity index (χ4n) is 1.61. The minimum absolute atomic E-state index is 0.0606. The molecule has 0 bridgehead atoms. The van der Waals surface area contributed by atoms with Gasteiger partial charge < -0.3 is 9.84 Å². The Bertz CT molecular complexity index is 421. The van der Waals surface area contributed by atoms with Crippen LogP contribution >= 0.6 is 0 Å². The Hall–Kier alpha value is -1.77. The lowest BCUT2D eigenvalue weighted by Crippen LogP contribution is -1.99. The first-order valence-electron chi connectivity index (χ1n) is 4.86. The molecule has 0 radical (unpaired) electrons. The van der Waals surface area contributed by atoms with Gasteiger partial charge in [-0.05, 0) is 19.1 Å². The lowest BCUT2D eigenvalue weighted by molar-refractivity contribution is -0.138. The summed E-state index contributed by atoms with van der Waals surface area (Å²) in [6, 6.07) is 6.91. The number of carbonyl (C=O) groups excluding carboxylic acids is 1. The quantitative estimate of drug-likeness (QED) is 0.563. The molecule has 1 fully saturated rings. The highest BCUT2D eigenvalue weighted by molar-refractivity contribution is 5.96. The number of phenolic OH excluding ortho intramolecular Hbond substituents is 1. The third-order valence-electron chi connectivity index (χ3n) is 2.34. The van der Waals surface area contributed by atoms with E-state index in [9.17, 15) is 9.90 Å². The number of para-hydroxylation sites is 1. The van der Waals surface area contributed by atoms with Gasteiger partial charge in [0.1, 0.15) is 11.9 Å². The summed E-state index contributed by atoms with van der Waals surface area (Å²) in [5.41, 5.74) is 1.27. The third-order valence-corrected chi connectivity index (χ3v) is 2.34. The maximum atomic E-state index is 11.3. The van der Waals surface area contributed by atoms with E-state index in [4.69, 9.17) is 4.74 Å². The topological polar surface area (TPSA) is 46.5 Å². The number of ether oxygens (including phenoxy) is 1. The van der Waals surface area contributed by atoms with Crippen molar-refractivity contribution in [2.75, 3.05) is 0 Å². The number of hydrogen-bond donors (Lipinski definition) is 1. The minimum atomic E-state index is -0.286. The van der Waals surface area contributed by atoms with Gasteiger partial charge in [0.15, 0.2) is 0 Å². The van der Waals surface area contributed by atoms with Crippen molar-refractivity contribution in [1.82, 2.24) is 0 Å². The van der Waals surface area contributed by atoms with Gasteiger partial charge in [0.25, 0.3) is 0 Å². The molecule has 2 rings (SSSR count). The molecule has 1 N–H and O–H groups in total. The molecule has 0 amide bonds. The number of cyclic esters (lactones) is 1. The fourth-order valence-corrected chi connectivity index (χ4v) is 1.61. The van der Waals surface area contributed by atoms with E-state index in [1.54, 1.807) is 24.3 Å². The molecular weight excluding hydrogens is 192 g/mol. The first kappa shape index (κ1) is 9.77. The molecule has 1 aromatic rings. The lowest BCUT2D eigenvalue weighted by Gasteiger charge is -1.98. The second kappa shape index (κ2) is 3.77. The van der Waals surface area contributed by atoms with E-state index in [0.717, 1.165) is 0 Å². The summed E-state index contributed by atoms with van der Waals surface area (Å²) in [6.45, 7) is 1.85. The van der Waals surface area contributed by atoms with Gasteiger partial charge in [-0.25, -0.2) is 4.79 Å². The van der Waals surface area contributed by atoms with Crippen molar-refractivity contribution >= 4 is 12.0 Å². The van der Waals surface area contributed by atoms with Crippen molar-refractivity contribution in [3.8, 4) is 5.75 Å². The minimum Gasteiger partial charge on any atom is -0.507 e. The zero-order valence-electron chi connectivity index (χ0n) is 8.43. The van der Waals surface area contributed by atoms with E-state index in [1.807, 2.05) is 13.0 Å². The van der Waals surface area contributed by atoms with Crippen LogP contribution in [-0.2, 0) is 9.53 Å². The molecule has 1 aromatic carbocycles. The Morgan fingerprint density at radius 1 is 1.47 bits per heavy atom. The number of benzene rings is 1. The zero-order valence-corrected chi connectivity index (χ0v) is 8.43. The summed E-state index contributed by atoms with van der Waals surface area (Å²) >= 11 is 0. The summed E-state index contributed by atoms with van der Waals surface area (Å²) < 4.78 is 5.00. The molecule has 0 spiro atoms. The van der Waals surface area contributed by atoms with E-state index >= 15 is 0 Å². The van der Waals surface area contributed by atoms with Crippen LogP contribution in [0.1, 0.15) is 18.9 Å². The van der Waals surface area contributed by atoms with Gasteiger partial charge in [0, 0.05) is 17.6 Å². The van der Waals surface area contributed by atoms with Crippen LogP contribution in [0.2, 0.25) is 0 Å². The van der Waals surface area contributed by atoms with Crippen molar-refractivity contribution in [2.45, 2.75) is 19.4 Å². The third kappa shape index (κ3) is 2.01. The predicted molar refractivity (Wildman–Crippen MR) is 56.3 cm³/mol. The number of carbonyl (C=O) groups is 1. The molecule has 3 heteroatoms. The van der Waals surface area contributed by atoms with Crippen LogP contribution in [0.25, 0.3) is 6.08 Å². The number of aromatic hydroxyl groups is 1. The summed E-state index contributed by atoms with van der Waals surface area (Å²) in [5, 5.41) is 9.53. The fraction of sp³-hybridized carbons (Fsp3) is 0.250. The van der Waals surface area contributed by atoms with Gasteiger partial charge in [-0.3, -0.25) is 0 Å². The smallest absolute Gasteiger partial charge is 0.334 e. The van der Waals surface area contributed by atoms with E-state index in [0.29, 0.717) is 17.6 Å². The first-order valence-corrected chi connectivity index (χ1v) is 4.86. The average molecular weight is 204 g/mol. The number of hydrogen-bond acceptors (Lipinski definition) is 3. The predicted octanol–water partition coefficient (Wildman–Crippen LogP) is 2.11. The van der Waals surface area contributed by atoms with Gasteiger partial charge >= 0.3 is 5.97 Å². The van der Waals surface area contributed by atoms with Gasteiger partial charge in [-0.1, -0.05) is 18.2 Å². The van der Waals surface area contributed by atoms with Crippen LogP contribution in [0.5, 0.6) is 5.75 Å². The van der Waals surface area contributed by atoms with E-state index in [2.05, 4.69) is 0 Å². The van der Waals surface area contributed by atoms with Gasteiger partial charge in [0.2, 0.25) is 0 Å². The Labute approximate surface area is 88.0 Å².